The summed E-state index contributed by atoms with van der Waals surface area (Å²) in [7, 11) is 0. The van der Waals surface area contributed by atoms with Crippen molar-refractivity contribution in [3.8, 4) is 0 Å². The first-order chi connectivity index (χ1) is 7.84. The number of nitrogens with two attached hydrogens (primary N) is 1. The number of nitrogens with one attached hydrogen (secondary N) is 2. The van der Waals surface area contributed by atoms with Gasteiger partial charge in [-0.05, 0) is 0 Å². The van der Waals surface area contributed by atoms with Crippen LogP contribution in [0.2, 0.25) is 0 Å². The van der Waals surface area contributed by atoms with Crippen LogP contribution in [-0.4, -0.2) is 46.3 Å². The third-order valence-electron chi connectivity index (χ3n) is 2.72. The van der Waals surface area contributed by atoms with Gasteiger partial charge in [0.25, 0.3) is 0 Å². The third kappa shape index (κ3) is 1.45. The van der Waals surface area contributed by atoms with E-state index in [1.54, 1.807) is 6.20 Å². The summed E-state index contributed by atoms with van der Waals surface area (Å²) in [4.78, 5) is 10.6. The van der Waals surface area contributed by atoms with Crippen LogP contribution in [0.1, 0.15) is 0 Å². The lowest BCUT2D eigenvalue weighted by atomic mass is 10.3. The molecule has 3 rings (SSSR count). The molecule has 0 saturated carbocycles. The number of nitrogen functional groups attached to an aromatic ring is 1. The number of aromatic nitrogens is 4. The van der Waals surface area contributed by atoms with E-state index in [9.17, 15) is 0 Å². The van der Waals surface area contributed by atoms with Gasteiger partial charge in [0, 0.05) is 26.2 Å². The van der Waals surface area contributed by atoms with E-state index in [1.165, 1.54) is 0 Å². The molecular formula is C9H13N7. The van der Waals surface area contributed by atoms with E-state index in [0.29, 0.717) is 5.65 Å². The fraction of sp³-hybridized carbons (Fsp3) is 0.444. The zero-order valence-corrected chi connectivity index (χ0v) is 8.77. The summed E-state index contributed by atoms with van der Waals surface area (Å²) in [5, 5.41) is 11.0. The Bertz CT molecular complexity index is 500. The number of hydrogen-bond donors (Lipinski definition) is 3. The molecule has 1 fully saturated rings. The molecule has 2 aromatic rings. The first-order valence-corrected chi connectivity index (χ1v) is 5.27. The number of fused-ring (bicyclic) bond motifs is 1. The van der Waals surface area contributed by atoms with Gasteiger partial charge < -0.3 is 16.0 Å². The third-order valence-corrected chi connectivity index (χ3v) is 2.72. The second-order valence-electron chi connectivity index (χ2n) is 3.77. The summed E-state index contributed by atoms with van der Waals surface area (Å²) in [5.74, 6) is 1.16. The second-order valence-corrected chi connectivity index (χ2v) is 3.77. The minimum absolute atomic E-state index is 0.283. The van der Waals surface area contributed by atoms with Crippen molar-refractivity contribution in [3.63, 3.8) is 0 Å². The summed E-state index contributed by atoms with van der Waals surface area (Å²) < 4.78 is 0. The molecule has 1 saturated heterocycles. The van der Waals surface area contributed by atoms with Crippen LogP contribution < -0.4 is 16.0 Å². The average Bonchev–Trinajstić information content (AvgIpc) is 2.77. The lowest BCUT2D eigenvalue weighted by Crippen LogP contribution is -2.44. The highest BCUT2D eigenvalue weighted by molar-refractivity contribution is 5.87. The minimum atomic E-state index is 0.283. The summed E-state index contributed by atoms with van der Waals surface area (Å²) in [6, 6.07) is 0. The summed E-state index contributed by atoms with van der Waals surface area (Å²) >= 11 is 0. The molecule has 16 heavy (non-hydrogen) atoms. The second kappa shape index (κ2) is 3.60. The molecule has 0 aliphatic carbocycles. The molecule has 0 aromatic carbocycles. The molecule has 4 N–H and O–H groups in total. The maximum Gasteiger partial charge on any atom is 0.224 e. The smallest absolute Gasteiger partial charge is 0.224 e. The maximum absolute atomic E-state index is 5.68. The summed E-state index contributed by atoms with van der Waals surface area (Å²) in [6.45, 7) is 3.78. The lowest BCUT2D eigenvalue weighted by Gasteiger charge is -2.28. The fourth-order valence-corrected chi connectivity index (χ4v) is 1.95. The molecule has 0 spiro atoms. The first-order valence-electron chi connectivity index (χ1n) is 5.27. The van der Waals surface area contributed by atoms with E-state index >= 15 is 0 Å². The van der Waals surface area contributed by atoms with Crippen LogP contribution in [0.5, 0.6) is 0 Å². The minimum Gasteiger partial charge on any atom is -0.368 e. The van der Waals surface area contributed by atoms with Crippen molar-refractivity contribution in [2.75, 3.05) is 36.8 Å². The highest BCUT2D eigenvalue weighted by Crippen LogP contribution is 2.22. The number of nitrogens with zero attached hydrogens (tertiary/aromatic N) is 4. The van der Waals surface area contributed by atoms with Crippen molar-refractivity contribution in [2.45, 2.75) is 0 Å². The van der Waals surface area contributed by atoms with E-state index in [1.807, 2.05) is 0 Å². The Labute approximate surface area is 92.1 Å². The van der Waals surface area contributed by atoms with Crippen LogP contribution in [0.3, 0.4) is 0 Å². The van der Waals surface area contributed by atoms with Crippen LogP contribution in [0, 0.1) is 0 Å². The van der Waals surface area contributed by atoms with Gasteiger partial charge in [0.05, 0.1) is 11.6 Å². The van der Waals surface area contributed by atoms with E-state index in [0.717, 1.165) is 37.4 Å². The van der Waals surface area contributed by atoms with Gasteiger partial charge in [0.1, 0.15) is 5.82 Å². The molecule has 3 heterocycles. The van der Waals surface area contributed by atoms with E-state index in [2.05, 4.69) is 30.4 Å². The van der Waals surface area contributed by atoms with Crippen LogP contribution in [0.15, 0.2) is 6.20 Å². The molecule has 0 unspecified atom stereocenters. The lowest BCUT2D eigenvalue weighted by molar-refractivity contribution is 0.586. The number of piperazine rings is 1. The topological polar surface area (TPSA) is 95.7 Å². The van der Waals surface area contributed by atoms with Gasteiger partial charge in [-0.15, -0.1) is 0 Å². The number of anilines is 2. The number of rotatable bonds is 1. The van der Waals surface area contributed by atoms with Crippen molar-refractivity contribution in [1.29, 1.82) is 0 Å². The van der Waals surface area contributed by atoms with E-state index in [-0.39, 0.29) is 5.95 Å². The predicted octanol–water partition coefficient (Wildman–Crippen LogP) is -0.655. The molecule has 1 aliphatic heterocycles. The van der Waals surface area contributed by atoms with Gasteiger partial charge in [0.15, 0.2) is 5.65 Å². The highest BCUT2D eigenvalue weighted by atomic mass is 15.3. The zero-order valence-electron chi connectivity index (χ0n) is 8.77. The van der Waals surface area contributed by atoms with Crippen molar-refractivity contribution < 1.29 is 0 Å². The Morgan fingerprint density at radius 1 is 1.25 bits per heavy atom. The number of H-pyrrole nitrogens is 1. The molecule has 2 aromatic heterocycles. The Hall–Kier alpha value is -1.89. The standard InChI is InChI=1S/C9H13N7/c10-9-13-7-6(5-12-15-7)8(14-9)16-3-1-11-2-4-16/h5,11H,1-4H2,(H3,10,12,13,14,15). The Morgan fingerprint density at radius 3 is 2.88 bits per heavy atom. The first kappa shape index (κ1) is 9.34. The van der Waals surface area contributed by atoms with Gasteiger partial charge in [-0.1, -0.05) is 0 Å². The summed E-state index contributed by atoms with van der Waals surface area (Å²) in [6.07, 6.45) is 1.74. The maximum atomic E-state index is 5.68. The number of aromatic amines is 1. The Balaban J connectivity index is 2.09. The van der Waals surface area contributed by atoms with Crippen molar-refractivity contribution in [2.24, 2.45) is 0 Å². The molecule has 0 radical (unpaired) electrons. The van der Waals surface area contributed by atoms with Crippen molar-refractivity contribution >= 4 is 22.8 Å². The summed E-state index contributed by atoms with van der Waals surface area (Å²) in [5.41, 5.74) is 6.37. The monoisotopic (exact) mass is 219 g/mol. The van der Waals surface area contributed by atoms with E-state index < -0.39 is 0 Å². The fourth-order valence-electron chi connectivity index (χ4n) is 1.95. The molecule has 84 valence electrons. The molecular weight excluding hydrogens is 206 g/mol. The van der Waals surface area contributed by atoms with Gasteiger partial charge in [-0.3, -0.25) is 5.10 Å². The van der Waals surface area contributed by atoms with Crippen LogP contribution in [0.4, 0.5) is 11.8 Å². The van der Waals surface area contributed by atoms with Gasteiger partial charge in [-0.2, -0.15) is 15.1 Å². The molecule has 0 amide bonds. The molecule has 7 nitrogen and oxygen atoms in total. The molecule has 0 atom stereocenters. The quantitative estimate of drug-likeness (QED) is 0.589. The zero-order chi connectivity index (χ0) is 11.0. The van der Waals surface area contributed by atoms with Crippen LogP contribution >= 0.6 is 0 Å². The highest BCUT2D eigenvalue weighted by Gasteiger charge is 2.16. The SMILES string of the molecule is Nc1nc(N2CCNCC2)c2cn[nH]c2n1. The van der Waals surface area contributed by atoms with Crippen molar-refractivity contribution in [1.82, 2.24) is 25.5 Å². The Morgan fingerprint density at radius 2 is 2.06 bits per heavy atom. The number of hydrogen-bond acceptors (Lipinski definition) is 6. The normalized spacial score (nSPS) is 16.9. The predicted molar refractivity (Wildman–Crippen MR) is 61.2 cm³/mol. The van der Waals surface area contributed by atoms with Gasteiger partial charge in [0.2, 0.25) is 5.95 Å². The van der Waals surface area contributed by atoms with Crippen LogP contribution in [-0.2, 0) is 0 Å². The van der Waals surface area contributed by atoms with E-state index in [4.69, 9.17) is 5.73 Å². The van der Waals surface area contributed by atoms with Gasteiger partial charge >= 0.3 is 0 Å². The largest absolute Gasteiger partial charge is 0.368 e. The Kier molecular flexibility index (Phi) is 2.10. The molecule has 7 heteroatoms. The molecule has 0 bridgehead atoms. The van der Waals surface area contributed by atoms with Gasteiger partial charge in [-0.25, -0.2) is 0 Å². The average molecular weight is 219 g/mol. The van der Waals surface area contributed by atoms with Crippen LogP contribution in [0.25, 0.3) is 11.0 Å². The molecule has 1 aliphatic rings. The van der Waals surface area contributed by atoms with Crippen molar-refractivity contribution in [3.05, 3.63) is 6.20 Å².